The zero-order valence-corrected chi connectivity index (χ0v) is 21.7. The molecule has 1 amide bonds. The molecular weight excluding hydrogens is 526 g/mol. The molecule has 2 N–H and O–H groups in total. The van der Waals surface area contributed by atoms with E-state index >= 15 is 0 Å². The van der Waals surface area contributed by atoms with E-state index in [1.807, 2.05) is 24.3 Å². The minimum Gasteiger partial charge on any atom is -0.370 e. The molecule has 1 fully saturated rings. The van der Waals surface area contributed by atoms with Crippen molar-refractivity contribution in [2.24, 2.45) is 0 Å². The summed E-state index contributed by atoms with van der Waals surface area (Å²) in [7, 11) is -3.85. The third-order valence-electron chi connectivity index (χ3n) is 6.73. The van der Waals surface area contributed by atoms with Crippen LogP contribution < -0.4 is 14.9 Å². The summed E-state index contributed by atoms with van der Waals surface area (Å²) in [6.45, 7) is 1.64. The Balaban J connectivity index is 1.47. The molecule has 1 heterocycles. The summed E-state index contributed by atoms with van der Waals surface area (Å²) in [6.07, 6.45) is 4.72. The van der Waals surface area contributed by atoms with Crippen LogP contribution >= 0.6 is 15.9 Å². The Kier molecular flexibility index (Phi) is 6.95. The molecule has 0 bridgehead atoms. The SMILES string of the molecule is O=C(Nc1ccc(N2CCCC2)c(S(=O)(=O)NC2CCCc3ccccc32)c1)c1ccc(Br)cc1. The number of fused-ring (bicyclic) bond motifs is 1. The first-order chi connectivity index (χ1) is 16.9. The topological polar surface area (TPSA) is 78.5 Å². The highest BCUT2D eigenvalue weighted by atomic mass is 79.9. The van der Waals surface area contributed by atoms with Gasteiger partial charge in [-0.2, -0.15) is 0 Å². The van der Waals surface area contributed by atoms with E-state index < -0.39 is 10.0 Å². The van der Waals surface area contributed by atoms with E-state index in [4.69, 9.17) is 0 Å². The van der Waals surface area contributed by atoms with Crippen LogP contribution in [0.3, 0.4) is 0 Å². The maximum atomic E-state index is 13.8. The lowest BCUT2D eigenvalue weighted by Crippen LogP contribution is -2.32. The summed E-state index contributed by atoms with van der Waals surface area (Å²) in [4.78, 5) is 15.1. The number of anilines is 2. The first-order valence-corrected chi connectivity index (χ1v) is 14.2. The number of sulfonamides is 1. The Morgan fingerprint density at radius 3 is 2.46 bits per heavy atom. The van der Waals surface area contributed by atoms with Gasteiger partial charge in [0.05, 0.1) is 5.69 Å². The minimum absolute atomic E-state index is 0.205. The molecule has 8 heteroatoms. The van der Waals surface area contributed by atoms with Crippen molar-refractivity contribution in [1.29, 1.82) is 0 Å². The molecule has 0 spiro atoms. The predicted molar refractivity (Wildman–Crippen MR) is 142 cm³/mol. The number of nitrogens with zero attached hydrogens (tertiary/aromatic N) is 1. The molecule has 1 saturated heterocycles. The van der Waals surface area contributed by atoms with E-state index in [9.17, 15) is 13.2 Å². The lowest BCUT2D eigenvalue weighted by atomic mass is 9.88. The summed E-state index contributed by atoms with van der Waals surface area (Å²) < 4.78 is 31.4. The van der Waals surface area contributed by atoms with Gasteiger partial charge in [-0.15, -0.1) is 0 Å². The average Bonchev–Trinajstić information content (AvgIpc) is 3.39. The van der Waals surface area contributed by atoms with Crippen molar-refractivity contribution in [1.82, 2.24) is 4.72 Å². The Morgan fingerprint density at radius 2 is 1.69 bits per heavy atom. The summed E-state index contributed by atoms with van der Waals surface area (Å²) in [5.74, 6) is -0.288. The van der Waals surface area contributed by atoms with Crippen LogP contribution in [0.2, 0.25) is 0 Å². The van der Waals surface area contributed by atoms with Gasteiger partial charge in [0.25, 0.3) is 5.91 Å². The van der Waals surface area contributed by atoms with E-state index in [2.05, 4.69) is 36.9 Å². The number of aryl methyl sites for hydroxylation is 1. The summed E-state index contributed by atoms with van der Waals surface area (Å²) in [6, 6.07) is 20.0. The molecule has 1 atom stereocenters. The molecule has 35 heavy (non-hydrogen) atoms. The van der Waals surface area contributed by atoms with Gasteiger partial charge in [0, 0.05) is 34.9 Å². The van der Waals surface area contributed by atoms with Crippen molar-refractivity contribution in [3.63, 3.8) is 0 Å². The Bertz CT molecular complexity index is 1340. The number of nitrogens with one attached hydrogen (secondary N) is 2. The quantitative estimate of drug-likeness (QED) is 0.413. The van der Waals surface area contributed by atoms with Crippen molar-refractivity contribution in [3.05, 3.63) is 87.9 Å². The molecule has 182 valence electrons. The van der Waals surface area contributed by atoms with Gasteiger partial charge in [-0.1, -0.05) is 40.2 Å². The molecular formula is C27H28BrN3O3S. The molecule has 1 aliphatic carbocycles. The normalized spacial score (nSPS) is 17.7. The Hall–Kier alpha value is -2.68. The third kappa shape index (κ3) is 5.29. The molecule has 0 saturated carbocycles. The highest BCUT2D eigenvalue weighted by Gasteiger charge is 2.29. The number of carbonyl (C=O) groups is 1. The molecule has 0 aromatic heterocycles. The van der Waals surface area contributed by atoms with E-state index in [1.165, 1.54) is 5.56 Å². The van der Waals surface area contributed by atoms with Gasteiger partial charge in [0.1, 0.15) is 4.90 Å². The zero-order chi connectivity index (χ0) is 24.4. The highest BCUT2D eigenvalue weighted by Crippen LogP contribution is 2.35. The van der Waals surface area contributed by atoms with Crippen molar-refractivity contribution in [2.75, 3.05) is 23.3 Å². The van der Waals surface area contributed by atoms with Gasteiger partial charge >= 0.3 is 0 Å². The van der Waals surface area contributed by atoms with Crippen molar-refractivity contribution in [2.45, 2.75) is 43.0 Å². The zero-order valence-electron chi connectivity index (χ0n) is 19.3. The first-order valence-electron chi connectivity index (χ1n) is 12.0. The Labute approximate surface area is 214 Å². The van der Waals surface area contributed by atoms with Crippen molar-refractivity contribution >= 4 is 43.2 Å². The van der Waals surface area contributed by atoms with Gasteiger partial charge in [-0.05, 0) is 85.7 Å². The van der Waals surface area contributed by atoms with Gasteiger partial charge in [0.2, 0.25) is 10.0 Å². The first kappa shape index (κ1) is 24.0. The fourth-order valence-corrected chi connectivity index (χ4v) is 6.72. The molecule has 3 aromatic rings. The molecule has 1 aliphatic heterocycles. The lowest BCUT2D eigenvalue weighted by molar-refractivity contribution is 0.102. The number of carbonyl (C=O) groups excluding carboxylic acids is 1. The number of amides is 1. The summed E-state index contributed by atoms with van der Waals surface area (Å²) in [5.41, 5.74) is 3.87. The van der Waals surface area contributed by atoms with E-state index in [0.717, 1.165) is 55.2 Å². The van der Waals surface area contributed by atoms with Crippen LogP contribution in [0.15, 0.2) is 76.1 Å². The largest absolute Gasteiger partial charge is 0.370 e. The maximum Gasteiger partial charge on any atom is 0.255 e. The molecule has 3 aromatic carbocycles. The smallest absolute Gasteiger partial charge is 0.255 e. The number of benzene rings is 3. The van der Waals surface area contributed by atoms with Crippen molar-refractivity contribution in [3.8, 4) is 0 Å². The van der Waals surface area contributed by atoms with Gasteiger partial charge in [-0.3, -0.25) is 4.79 Å². The van der Waals surface area contributed by atoms with Crippen LogP contribution in [-0.2, 0) is 16.4 Å². The molecule has 2 aliphatic rings. The van der Waals surface area contributed by atoms with Gasteiger partial charge in [-0.25, -0.2) is 13.1 Å². The van der Waals surface area contributed by atoms with Crippen molar-refractivity contribution < 1.29 is 13.2 Å². The van der Waals surface area contributed by atoms with Crippen LogP contribution in [0.4, 0.5) is 11.4 Å². The van der Waals surface area contributed by atoms with Crippen LogP contribution in [0.5, 0.6) is 0 Å². The second kappa shape index (κ2) is 10.1. The van der Waals surface area contributed by atoms with E-state index in [-0.39, 0.29) is 16.8 Å². The molecule has 0 radical (unpaired) electrons. The predicted octanol–water partition coefficient (Wildman–Crippen LogP) is 5.66. The maximum absolute atomic E-state index is 13.8. The number of halogens is 1. The second-order valence-electron chi connectivity index (χ2n) is 9.10. The lowest BCUT2D eigenvalue weighted by Gasteiger charge is -2.28. The van der Waals surface area contributed by atoms with Crippen LogP contribution in [-0.4, -0.2) is 27.4 Å². The average molecular weight is 555 g/mol. The van der Waals surface area contributed by atoms with Crippen LogP contribution in [0.25, 0.3) is 0 Å². The van der Waals surface area contributed by atoms with Gasteiger partial charge in [0.15, 0.2) is 0 Å². The van der Waals surface area contributed by atoms with Crippen LogP contribution in [0.1, 0.15) is 53.2 Å². The van der Waals surface area contributed by atoms with E-state index in [0.29, 0.717) is 16.9 Å². The molecule has 6 nitrogen and oxygen atoms in total. The highest BCUT2D eigenvalue weighted by molar-refractivity contribution is 9.10. The standard InChI is InChI=1S/C27H28BrN3O3S/c28-21-12-10-20(11-13-21)27(32)29-22-14-15-25(31-16-3-4-17-31)26(18-22)35(33,34)30-24-9-5-7-19-6-1-2-8-23(19)24/h1-2,6,8,10-15,18,24,30H,3-5,7,9,16-17H2,(H,29,32). The minimum atomic E-state index is -3.85. The number of hydrogen-bond acceptors (Lipinski definition) is 4. The van der Waals surface area contributed by atoms with Gasteiger partial charge < -0.3 is 10.2 Å². The third-order valence-corrected chi connectivity index (χ3v) is 8.76. The second-order valence-corrected chi connectivity index (χ2v) is 11.7. The number of rotatable bonds is 6. The molecule has 5 rings (SSSR count). The van der Waals surface area contributed by atoms with E-state index in [1.54, 1.807) is 36.4 Å². The summed E-state index contributed by atoms with van der Waals surface area (Å²) >= 11 is 3.37. The summed E-state index contributed by atoms with van der Waals surface area (Å²) in [5, 5.41) is 2.86. The monoisotopic (exact) mass is 553 g/mol. The fourth-order valence-electron chi connectivity index (χ4n) is 4.96. The molecule has 1 unspecified atom stereocenters. The Morgan fingerprint density at radius 1 is 0.943 bits per heavy atom. The fraction of sp³-hybridized carbons (Fsp3) is 0.296. The van der Waals surface area contributed by atoms with Crippen LogP contribution in [0, 0.1) is 0 Å². The number of hydrogen-bond donors (Lipinski definition) is 2.